The lowest BCUT2D eigenvalue weighted by molar-refractivity contribution is 0.0735. The van der Waals surface area contributed by atoms with Crippen molar-refractivity contribution in [2.75, 3.05) is 18.9 Å². The van der Waals surface area contributed by atoms with Gasteiger partial charge in [-0.2, -0.15) is 5.10 Å². The molecule has 0 aromatic carbocycles. The molecule has 0 spiro atoms. The highest BCUT2D eigenvalue weighted by atomic mass is 16.2. The van der Waals surface area contributed by atoms with Gasteiger partial charge in [-0.25, -0.2) is 4.98 Å². The Morgan fingerprint density at radius 3 is 3.05 bits per heavy atom. The smallest absolute Gasteiger partial charge is 0.257 e. The van der Waals surface area contributed by atoms with Crippen LogP contribution in [-0.4, -0.2) is 39.2 Å². The van der Waals surface area contributed by atoms with Gasteiger partial charge in [0.2, 0.25) is 0 Å². The molecule has 6 nitrogen and oxygen atoms in total. The van der Waals surface area contributed by atoms with Crippen molar-refractivity contribution in [2.45, 2.75) is 18.9 Å². The fraction of sp³-hybridized carbons (Fsp3) is 0.400. The maximum Gasteiger partial charge on any atom is 0.257 e. The van der Waals surface area contributed by atoms with Gasteiger partial charge >= 0.3 is 0 Å². The number of carbonyl (C=O) groups excluding carboxylic acids is 1. The van der Waals surface area contributed by atoms with Crippen LogP contribution in [0.5, 0.6) is 0 Å². The van der Waals surface area contributed by atoms with Crippen molar-refractivity contribution in [1.29, 1.82) is 0 Å². The van der Waals surface area contributed by atoms with Gasteiger partial charge in [-0.1, -0.05) is 0 Å². The minimum atomic E-state index is 0.0495. The summed E-state index contributed by atoms with van der Waals surface area (Å²) >= 11 is 0. The summed E-state index contributed by atoms with van der Waals surface area (Å²) in [6.45, 7) is 0.787. The predicted octanol–water partition coefficient (Wildman–Crippen LogP) is 1.83. The van der Waals surface area contributed by atoms with Gasteiger partial charge in [0, 0.05) is 33.0 Å². The molecule has 2 aromatic heterocycles. The van der Waals surface area contributed by atoms with Crippen molar-refractivity contribution in [1.82, 2.24) is 19.7 Å². The summed E-state index contributed by atoms with van der Waals surface area (Å²) in [6, 6.07) is 4.12. The van der Waals surface area contributed by atoms with Crippen molar-refractivity contribution < 1.29 is 4.79 Å². The van der Waals surface area contributed by atoms with Crippen molar-refractivity contribution in [3.05, 3.63) is 41.9 Å². The molecule has 6 heteroatoms. The summed E-state index contributed by atoms with van der Waals surface area (Å²) in [5, 5.41) is 7.13. The van der Waals surface area contributed by atoms with Crippen LogP contribution in [0.2, 0.25) is 0 Å². The molecule has 0 aliphatic carbocycles. The summed E-state index contributed by atoms with van der Waals surface area (Å²) in [4.78, 5) is 18.8. The van der Waals surface area contributed by atoms with Gasteiger partial charge in [-0.3, -0.25) is 9.48 Å². The van der Waals surface area contributed by atoms with E-state index in [0.717, 1.165) is 30.8 Å². The van der Waals surface area contributed by atoms with E-state index >= 15 is 0 Å². The lowest BCUT2D eigenvalue weighted by Gasteiger charge is -2.24. The maximum atomic E-state index is 12.6. The quantitative estimate of drug-likeness (QED) is 0.934. The number of aromatic nitrogens is 3. The standard InChI is InChI=1S/C15H19N5O/c1-16-14-8-11(5-6-17-14)13-4-3-7-20(13)15(21)12-9-18-19(2)10-12/h5-6,8-10,13H,3-4,7H2,1-2H3,(H,16,17)/t13-/m1/s1. The van der Waals surface area contributed by atoms with Crippen LogP contribution in [0, 0.1) is 0 Å². The summed E-state index contributed by atoms with van der Waals surface area (Å²) in [5.41, 5.74) is 1.77. The summed E-state index contributed by atoms with van der Waals surface area (Å²) < 4.78 is 1.66. The molecule has 1 fully saturated rings. The third-order valence-electron chi connectivity index (χ3n) is 3.89. The van der Waals surface area contributed by atoms with Crippen molar-refractivity contribution in [3.63, 3.8) is 0 Å². The van der Waals surface area contributed by atoms with E-state index in [0.29, 0.717) is 5.56 Å². The predicted molar refractivity (Wildman–Crippen MR) is 80.0 cm³/mol. The number of hydrogen-bond donors (Lipinski definition) is 1. The summed E-state index contributed by atoms with van der Waals surface area (Å²) in [7, 11) is 3.67. The Hall–Kier alpha value is -2.37. The Morgan fingerprint density at radius 1 is 1.48 bits per heavy atom. The Labute approximate surface area is 123 Å². The highest BCUT2D eigenvalue weighted by Gasteiger charge is 2.31. The number of amides is 1. The van der Waals surface area contributed by atoms with Crippen LogP contribution < -0.4 is 5.32 Å². The van der Waals surface area contributed by atoms with Crippen LogP contribution in [-0.2, 0) is 7.05 Å². The Balaban J connectivity index is 1.86. The third kappa shape index (κ3) is 2.61. The van der Waals surface area contributed by atoms with Gasteiger partial charge in [-0.15, -0.1) is 0 Å². The monoisotopic (exact) mass is 285 g/mol. The topological polar surface area (TPSA) is 63.1 Å². The molecule has 3 rings (SSSR count). The molecule has 0 saturated carbocycles. The number of pyridine rings is 1. The zero-order valence-electron chi connectivity index (χ0n) is 12.3. The fourth-order valence-corrected chi connectivity index (χ4v) is 2.84. The number of carbonyl (C=O) groups is 1. The molecule has 0 bridgehead atoms. The Bertz CT molecular complexity index is 651. The SMILES string of the molecule is CNc1cc([C@H]2CCCN2C(=O)c2cnn(C)c2)ccn1. The number of likely N-dealkylation sites (tertiary alicyclic amines) is 1. The molecule has 0 unspecified atom stereocenters. The average molecular weight is 285 g/mol. The first-order chi connectivity index (χ1) is 10.2. The number of anilines is 1. The molecule has 1 atom stereocenters. The first-order valence-corrected chi connectivity index (χ1v) is 7.12. The van der Waals surface area contributed by atoms with E-state index in [4.69, 9.17) is 0 Å². The maximum absolute atomic E-state index is 12.6. The second-order valence-corrected chi connectivity index (χ2v) is 5.28. The molecule has 0 radical (unpaired) electrons. The highest BCUT2D eigenvalue weighted by molar-refractivity contribution is 5.94. The molecule has 1 N–H and O–H groups in total. The van der Waals surface area contributed by atoms with Crippen molar-refractivity contribution in [2.24, 2.45) is 7.05 Å². The molecule has 3 heterocycles. The van der Waals surface area contributed by atoms with Gasteiger partial charge in [-0.05, 0) is 30.5 Å². The first-order valence-electron chi connectivity index (χ1n) is 7.12. The van der Waals surface area contributed by atoms with Crippen molar-refractivity contribution in [3.8, 4) is 0 Å². The van der Waals surface area contributed by atoms with Crippen LogP contribution >= 0.6 is 0 Å². The second-order valence-electron chi connectivity index (χ2n) is 5.28. The molecule has 2 aromatic rings. The molecule has 21 heavy (non-hydrogen) atoms. The zero-order valence-corrected chi connectivity index (χ0v) is 12.3. The third-order valence-corrected chi connectivity index (χ3v) is 3.89. The van der Waals surface area contributed by atoms with Gasteiger partial charge in [0.1, 0.15) is 5.82 Å². The second kappa shape index (κ2) is 5.55. The molecule has 1 aliphatic heterocycles. The number of rotatable bonds is 3. The average Bonchev–Trinajstić information content (AvgIpc) is 3.15. The Kier molecular flexibility index (Phi) is 3.60. The van der Waals surface area contributed by atoms with Crippen LogP contribution in [0.25, 0.3) is 0 Å². The summed E-state index contributed by atoms with van der Waals surface area (Å²) in [5.74, 6) is 0.876. The molecule has 1 aliphatic rings. The van der Waals surface area contributed by atoms with E-state index in [9.17, 15) is 4.79 Å². The molecular formula is C15H19N5O. The van der Waals surface area contributed by atoms with E-state index in [2.05, 4.69) is 15.4 Å². The van der Waals surface area contributed by atoms with E-state index < -0.39 is 0 Å². The lowest BCUT2D eigenvalue weighted by atomic mass is 10.1. The van der Waals surface area contributed by atoms with Gasteiger partial charge in [0.15, 0.2) is 0 Å². The fourth-order valence-electron chi connectivity index (χ4n) is 2.84. The first kappa shape index (κ1) is 13.6. The van der Waals surface area contributed by atoms with Crippen LogP contribution in [0.15, 0.2) is 30.7 Å². The molecule has 1 saturated heterocycles. The molecular weight excluding hydrogens is 266 g/mol. The highest BCUT2D eigenvalue weighted by Crippen LogP contribution is 2.33. The number of hydrogen-bond acceptors (Lipinski definition) is 4. The van der Waals surface area contributed by atoms with Crippen molar-refractivity contribution >= 4 is 11.7 Å². The van der Waals surface area contributed by atoms with Gasteiger partial charge < -0.3 is 10.2 Å². The summed E-state index contributed by atoms with van der Waals surface area (Å²) in [6.07, 6.45) is 7.19. The van der Waals surface area contributed by atoms with Crippen LogP contribution in [0.3, 0.4) is 0 Å². The zero-order chi connectivity index (χ0) is 14.8. The van der Waals surface area contributed by atoms with E-state index in [1.807, 2.05) is 31.1 Å². The van der Waals surface area contributed by atoms with E-state index in [1.165, 1.54) is 0 Å². The van der Waals surface area contributed by atoms with Gasteiger partial charge in [0.25, 0.3) is 5.91 Å². The molecule has 110 valence electrons. The lowest BCUT2D eigenvalue weighted by Crippen LogP contribution is -2.30. The van der Waals surface area contributed by atoms with E-state index in [1.54, 1.807) is 23.3 Å². The van der Waals surface area contributed by atoms with Crippen LogP contribution in [0.1, 0.15) is 34.8 Å². The number of nitrogens with one attached hydrogen (secondary N) is 1. The molecule has 1 amide bonds. The normalized spacial score (nSPS) is 18.0. The Morgan fingerprint density at radius 2 is 2.33 bits per heavy atom. The van der Waals surface area contributed by atoms with Crippen LogP contribution in [0.4, 0.5) is 5.82 Å². The van der Waals surface area contributed by atoms with Gasteiger partial charge in [0.05, 0.1) is 17.8 Å². The minimum absolute atomic E-state index is 0.0495. The minimum Gasteiger partial charge on any atom is -0.373 e. The van der Waals surface area contributed by atoms with E-state index in [-0.39, 0.29) is 11.9 Å². The number of aryl methyl sites for hydroxylation is 1. The largest absolute Gasteiger partial charge is 0.373 e. The number of nitrogens with zero attached hydrogens (tertiary/aromatic N) is 4.